The summed E-state index contributed by atoms with van der Waals surface area (Å²) in [5.74, 6) is 0.845. The number of likely N-dealkylation sites (tertiary alicyclic amines) is 1. The van der Waals surface area contributed by atoms with Crippen LogP contribution >= 0.6 is 0 Å². The van der Waals surface area contributed by atoms with Gasteiger partial charge in [0.05, 0.1) is 33.5 Å². The summed E-state index contributed by atoms with van der Waals surface area (Å²) in [6.45, 7) is 2.69. The van der Waals surface area contributed by atoms with Crippen LogP contribution in [0.5, 0.6) is 0 Å². The fourth-order valence-electron chi connectivity index (χ4n) is 5.76. The van der Waals surface area contributed by atoms with Crippen LogP contribution in [0.15, 0.2) is 85.3 Å². The molecule has 0 radical (unpaired) electrons. The van der Waals surface area contributed by atoms with Crippen LogP contribution in [0.25, 0.3) is 44.6 Å². The summed E-state index contributed by atoms with van der Waals surface area (Å²) in [6.07, 6.45) is 1.59. The number of nitriles is 1. The molecular weight excluding hydrogens is 570 g/mol. The third kappa shape index (κ3) is 5.93. The molecule has 224 valence electrons. The van der Waals surface area contributed by atoms with Crippen LogP contribution in [0.3, 0.4) is 0 Å². The lowest BCUT2D eigenvalue weighted by Gasteiger charge is -2.32. The van der Waals surface area contributed by atoms with Gasteiger partial charge in [0.15, 0.2) is 0 Å². The molecule has 3 aromatic carbocycles. The first-order valence-corrected chi connectivity index (χ1v) is 14.6. The number of nitrogens with zero attached hydrogens (tertiary/aromatic N) is 8. The molecule has 12 nitrogen and oxygen atoms in total. The monoisotopic (exact) mass is 599 g/mol. The Kier molecular flexibility index (Phi) is 7.36. The fraction of sp³-hybridized carbons (Fsp3) is 0.212. The molecule has 6 aromatic rings. The molecule has 0 unspecified atom stereocenters. The predicted octanol–water partition coefficient (Wildman–Crippen LogP) is 3.60. The Bertz CT molecular complexity index is 2030. The molecule has 0 bridgehead atoms. The molecule has 4 heterocycles. The third-order valence-electron chi connectivity index (χ3n) is 8.03. The van der Waals surface area contributed by atoms with E-state index in [1.165, 1.54) is 5.56 Å². The Hall–Kier alpha value is -5.32. The van der Waals surface area contributed by atoms with Gasteiger partial charge in [0, 0.05) is 43.0 Å². The second-order valence-electron chi connectivity index (χ2n) is 11.1. The lowest BCUT2D eigenvalue weighted by Crippen LogP contribution is -2.38. The van der Waals surface area contributed by atoms with Gasteiger partial charge in [-0.25, -0.2) is 24.9 Å². The van der Waals surface area contributed by atoms with E-state index in [4.69, 9.17) is 15.2 Å². The largest absolute Gasteiger partial charge is 0.374 e. The Labute approximate surface area is 257 Å². The number of aliphatic hydroxyl groups is 3. The molecule has 45 heavy (non-hydrogen) atoms. The van der Waals surface area contributed by atoms with Crippen molar-refractivity contribution in [1.82, 2.24) is 34.4 Å². The van der Waals surface area contributed by atoms with E-state index in [0.717, 1.165) is 60.2 Å². The third-order valence-corrected chi connectivity index (χ3v) is 8.03. The highest BCUT2D eigenvalue weighted by Gasteiger charge is 2.25. The highest BCUT2D eigenvalue weighted by atomic mass is 16.7. The highest BCUT2D eigenvalue weighted by molar-refractivity contribution is 5.94. The molecule has 0 saturated carbocycles. The summed E-state index contributed by atoms with van der Waals surface area (Å²) in [5.41, 5.74) is 6.26. The Morgan fingerprint density at radius 2 is 1.51 bits per heavy atom. The second-order valence-corrected chi connectivity index (χ2v) is 11.1. The van der Waals surface area contributed by atoms with Gasteiger partial charge in [-0.15, -0.1) is 0 Å². The molecule has 12 heteroatoms. The minimum atomic E-state index is -3.09. The van der Waals surface area contributed by atoms with E-state index in [0.29, 0.717) is 33.6 Å². The zero-order valence-electron chi connectivity index (χ0n) is 24.1. The van der Waals surface area contributed by atoms with Gasteiger partial charge in [0.2, 0.25) is 5.82 Å². The van der Waals surface area contributed by atoms with Crippen LogP contribution in [0.1, 0.15) is 24.2 Å². The topological polar surface area (TPSA) is 169 Å². The van der Waals surface area contributed by atoms with E-state index in [1.807, 2.05) is 36.4 Å². The van der Waals surface area contributed by atoms with Crippen molar-refractivity contribution in [2.45, 2.75) is 31.5 Å². The number of piperidine rings is 1. The van der Waals surface area contributed by atoms with E-state index in [2.05, 4.69) is 49.4 Å². The quantitative estimate of drug-likeness (QED) is 0.198. The smallest absolute Gasteiger partial charge is 0.367 e. The van der Waals surface area contributed by atoms with Gasteiger partial charge in [0.1, 0.15) is 18.2 Å². The Morgan fingerprint density at radius 1 is 0.822 bits per heavy atom. The molecule has 0 atom stereocenters. The van der Waals surface area contributed by atoms with Gasteiger partial charge in [-0.05, 0) is 36.6 Å². The molecule has 0 spiro atoms. The number of hydrogen-bond donors (Lipinski definition) is 4. The first-order chi connectivity index (χ1) is 21.8. The van der Waals surface area contributed by atoms with Crippen LogP contribution < -0.4 is 5.32 Å². The number of benzene rings is 3. The molecule has 0 amide bonds. The average Bonchev–Trinajstić information content (AvgIpc) is 3.48. The standard InChI is InChI=1S/C33H29N9O3/c34-18-30-35-13-10-29(40-30)37-24-11-14-41(15-12-24)19-21-6-8-23(9-7-21)32-31(22-4-2-1-3-5-22)38-25-16-27-28(17-26(25)39-32)42(20-36-27)33(43,44)45/h1-10,13,16-17,20,24,43-45H,11-12,14-15,19H2,(H,35,37,40). The minimum Gasteiger partial charge on any atom is -0.367 e. The lowest BCUT2D eigenvalue weighted by atomic mass is 10.0. The molecular formula is C33H29N9O3. The van der Waals surface area contributed by atoms with Gasteiger partial charge in [0.25, 0.3) is 0 Å². The summed E-state index contributed by atoms with van der Waals surface area (Å²) < 4.78 is 0.864. The summed E-state index contributed by atoms with van der Waals surface area (Å²) in [7, 11) is 0. The highest BCUT2D eigenvalue weighted by Crippen LogP contribution is 2.33. The zero-order chi connectivity index (χ0) is 31.0. The molecule has 1 aliphatic heterocycles. The molecule has 1 fully saturated rings. The predicted molar refractivity (Wildman–Crippen MR) is 167 cm³/mol. The van der Waals surface area contributed by atoms with Crippen molar-refractivity contribution in [2.24, 2.45) is 0 Å². The van der Waals surface area contributed by atoms with Crippen molar-refractivity contribution in [3.8, 4) is 28.6 Å². The minimum absolute atomic E-state index is 0.164. The molecule has 0 aliphatic carbocycles. The SMILES string of the molecule is N#Cc1nccc(NC2CCN(Cc3ccc(-c4nc5cc6c(cc5nc4-c4ccccc4)ncn6C(O)(O)O)cc3)CC2)n1. The van der Waals surface area contributed by atoms with Crippen LogP contribution in [-0.2, 0) is 12.6 Å². The number of fused-ring (bicyclic) bond motifs is 2. The number of aromatic nitrogens is 6. The van der Waals surface area contributed by atoms with E-state index < -0.39 is 6.10 Å². The Balaban J connectivity index is 1.13. The number of hydrogen-bond acceptors (Lipinski definition) is 11. The van der Waals surface area contributed by atoms with Gasteiger partial charge in [-0.3, -0.25) is 9.47 Å². The van der Waals surface area contributed by atoms with Crippen LogP contribution in [0.2, 0.25) is 0 Å². The second kappa shape index (κ2) is 11.6. The van der Waals surface area contributed by atoms with Crippen molar-refractivity contribution in [3.63, 3.8) is 0 Å². The van der Waals surface area contributed by atoms with Gasteiger partial charge >= 0.3 is 6.10 Å². The van der Waals surface area contributed by atoms with Crippen LogP contribution in [-0.4, -0.2) is 68.8 Å². The first-order valence-electron chi connectivity index (χ1n) is 14.6. The molecule has 3 aromatic heterocycles. The summed E-state index contributed by atoms with van der Waals surface area (Å²) in [5, 5.41) is 41.8. The van der Waals surface area contributed by atoms with E-state index >= 15 is 0 Å². The maximum Gasteiger partial charge on any atom is 0.374 e. The number of anilines is 1. The summed E-state index contributed by atoms with van der Waals surface area (Å²) >= 11 is 0. The van der Waals surface area contributed by atoms with Gasteiger partial charge in [-0.1, -0.05) is 54.6 Å². The maximum atomic E-state index is 9.78. The normalized spacial score (nSPS) is 14.5. The van der Waals surface area contributed by atoms with Gasteiger partial charge in [-0.2, -0.15) is 5.26 Å². The molecule has 4 N–H and O–H groups in total. The number of nitrogens with one attached hydrogen (secondary N) is 1. The van der Waals surface area contributed by atoms with E-state index in [1.54, 1.807) is 24.4 Å². The average molecular weight is 600 g/mol. The first kappa shape index (κ1) is 28.5. The van der Waals surface area contributed by atoms with Gasteiger partial charge < -0.3 is 20.6 Å². The Morgan fingerprint density at radius 3 is 2.20 bits per heavy atom. The number of rotatable bonds is 7. The van der Waals surface area contributed by atoms with Crippen LogP contribution in [0, 0.1) is 11.3 Å². The van der Waals surface area contributed by atoms with Crippen molar-refractivity contribution in [3.05, 3.63) is 96.7 Å². The molecule has 1 saturated heterocycles. The van der Waals surface area contributed by atoms with E-state index in [-0.39, 0.29) is 11.9 Å². The fourth-order valence-corrected chi connectivity index (χ4v) is 5.76. The zero-order valence-corrected chi connectivity index (χ0v) is 24.1. The van der Waals surface area contributed by atoms with Crippen molar-refractivity contribution >= 4 is 27.9 Å². The summed E-state index contributed by atoms with van der Waals surface area (Å²) in [4.78, 5) is 24.7. The van der Waals surface area contributed by atoms with E-state index in [9.17, 15) is 15.3 Å². The van der Waals surface area contributed by atoms with Crippen molar-refractivity contribution in [2.75, 3.05) is 18.4 Å². The number of imidazole rings is 1. The lowest BCUT2D eigenvalue weighted by molar-refractivity contribution is -0.373. The maximum absolute atomic E-state index is 9.78. The summed E-state index contributed by atoms with van der Waals surface area (Å²) in [6, 6.07) is 25.6. The van der Waals surface area contributed by atoms with Crippen molar-refractivity contribution < 1.29 is 15.3 Å². The van der Waals surface area contributed by atoms with Crippen molar-refractivity contribution in [1.29, 1.82) is 5.26 Å². The van der Waals surface area contributed by atoms with Crippen LogP contribution in [0.4, 0.5) is 5.82 Å². The molecule has 1 aliphatic rings. The molecule has 7 rings (SSSR count).